The van der Waals surface area contributed by atoms with Crippen LogP contribution < -0.4 is 10.1 Å². The van der Waals surface area contributed by atoms with E-state index in [9.17, 15) is 4.79 Å². The van der Waals surface area contributed by atoms with Crippen LogP contribution in [0.1, 0.15) is 47.2 Å². The number of aldehydes is 1. The Bertz CT molecular complexity index is 638. The molecule has 0 aromatic carbocycles. The van der Waals surface area contributed by atoms with Crippen LogP contribution in [0.3, 0.4) is 0 Å². The van der Waals surface area contributed by atoms with Crippen molar-refractivity contribution in [3.63, 3.8) is 0 Å². The lowest BCUT2D eigenvalue weighted by molar-refractivity contribution is 0.111. The molecular formula is C16H20N4O2S. The Labute approximate surface area is 139 Å². The summed E-state index contributed by atoms with van der Waals surface area (Å²) in [4.78, 5) is 15.0. The van der Waals surface area contributed by atoms with Crippen molar-refractivity contribution in [2.24, 2.45) is 5.92 Å². The molecule has 2 aromatic rings. The maximum Gasteiger partial charge on any atom is 0.274 e. The minimum atomic E-state index is -0.183. The van der Waals surface area contributed by atoms with E-state index in [1.807, 2.05) is 19.1 Å². The first-order valence-corrected chi connectivity index (χ1v) is 8.71. The number of carbonyl (C=O) groups excluding carboxylic acids is 1. The summed E-state index contributed by atoms with van der Waals surface area (Å²) in [6.07, 6.45) is 3.70. The lowest BCUT2D eigenvalue weighted by Crippen LogP contribution is -2.29. The second kappa shape index (κ2) is 7.61. The molecule has 1 atom stereocenters. The van der Waals surface area contributed by atoms with Gasteiger partial charge < -0.3 is 10.1 Å². The first-order chi connectivity index (χ1) is 11.2. The zero-order valence-corrected chi connectivity index (χ0v) is 13.9. The molecule has 0 radical (unpaired) electrons. The number of rotatable bonds is 6. The van der Waals surface area contributed by atoms with Gasteiger partial charge in [-0.05, 0) is 57.3 Å². The fourth-order valence-corrected chi connectivity index (χ4v) is 3.39. The van der Waals surface area contributed by atoms with E-state index < -0.39 is 0 Å². The number of aryl methyl sites for hydroxylation is 1. The molecule has 23 heavy (non-hydrogen) atoms. The van der Waals surface area contributed by atoms with Crippen molar-refractivity contribution >= 4 is 17.6 Å². The lowest BCUT2D eigenvalue weighted by Gasteiger charge is -2.26. The number of nitrogens with zero attached hydrogens (tertiary/aromatic N) is 3. The molecule has 0 amide bonds. The number of hydrogen-bond acceptors (Lipinski definition) is 7. The summed E-state index contributed by atoms with van der Waals surface area (Å²) >= 11 is 1.34. The standard InChI is InChI=1S/C16H20N4O2S/c1-11-2-3-14(20-19-11)15(8-12-4-6-17-7-5-12)22-16-18-13(9-21)10-23-16/h2-3,9-10,12,15,17H,4-8H2,1H3. The van der Waals surface area contributed by atoms with Crippen LogP contribution in [-0.2, 0) is 0 Å². The van der Waals surface area contributed by atoms with Gasteiger partial charge in [-0.15, -0.1) is 0 Å². The molecule has 122 valence electrons. The monoisotopic (exact) mass is 332 g/mol. The highest BCUT2D eigenvalue weighted by Crippen LogP contribution is 2.31. The smallest absolute Gasteiger partial charge is 0.274 e. The molecule has 1 saturated heterocycles. The van der Waals surface area contributed by atoms with Crippen LogP contribution >= 0.6 is 11.3 Å². The summed E-state index contributed by atoms with van der Waals surface area (Å²) < 4.78 is 6.05. The Hall–Kier alpha value is -1.86. The number of thiazole rings is 1. The molecule has 0 bridgehead atoms. The maximum absolute atomic E-state index is 10.8. The Morgan fingerprint density at radius 3 is 2.87 bits per heavy atom. The lowest BCUT2D eigenvalue weighted by atomic mass is 9.91. The Kier molecular flexibility index (Phi) is 5.30. The second-order valence-electron chi connectivity index (χ2n) is 5.79. The van der Waals surface area contributed by atoms with Crippen LogP contribution in [0.4, 0.5) is 0 Å². The second-order valence-corrected chi connectivity index (χ2v) is 6.61. The van der Waals surface area contributed by atoms with Crippen LogP contribution in [-0.4, -0.2) is 34.6 Å². The van der Waals surface area contributed by atoms with Gasteiger partial charge in [-0.1, -0.05) is 11.3 Å². The summed E-state index contributed by atoms with van der Waals surface area (Å²) in [5.74, 6) is 0.592. The average Bonchev–Trinajstić information content (AvgIpc) is 3.04. The molecule has 2 aromatic heterocycles. The van der Waals surface area contributed by atoms with E-state index in [1.54, 1.807) is 5.38 Å². The minimum Gasteiger partial charge on any atom is -0.460 e. The van der Waals surface area contributed by atoms with Gasteiger partial charge in [0.15, 0.2) is 6.29 Å². The molecule has 0 spiro atoms. The molecule has 6 nitrogen and oxygen atoms in total. The van der Waals surface area contributed by atoms with E-state index in [0.717, 1.165) is 50.0 Å². The van der Waals surface area contributed by atoms with Crippen molar-refractivity contribution in [3.8, 4) is 5.19 Å². The topological polar surface area (TPSA) is 77.0 Å². The largest absolute Gasteiger partial charge is 0.460 e. The molecule has 1 aliphatic rings. The molecular weight excluding hydrogens is 312 g/mol. The Morgan fingerprint density at radius 2 is 2.22 bits per heavy atom. The molecule has 1 unspecified atom stereocenters. The molecule has 7 heteroatoms. The van der Waals surface area contributed by atoms with Gasteiger partial charge in [0.05, 0.1) is 5.69 Å². The normalized spacial score (nSPS) is 16.9. The fraction of sp³-hybridized carbons (Fsp3) is 0.500. The predicted octanol–water partition coefficient (Wildman–Crippen LogP) is 2.56. The number of hydrogen-bond donors (Lipinski definition) is 1. The molecule has 3 heterocycles. The SMILES string of the molecule is Cc1ccc(C(CC2CCNCC2)Oc2nc(C=O)cs2)nn1. The first kappa shape index (κ1) is 16.0. The highest BCUT2D eigenvalue weighted by molar-refractivity contribution is 7.11. The summed E-state index contributed by atoms with van der Waals surface area (Å²) in [7, 11) is 0. The van der Waals surface area contributed by atoms with Gasteiger partial charge in [0.1, 0.15) is 17.5 Å². The van der Waals surface area contributed by atoms with Crippen molar-refractivity contribution in [2.45, 2.75) is 32.3 Å². The zero-order chi connectivity index (χ0) is 16.1. The minimum absolute atomic E-state index is 0.183. The van der Waals surface area contributed by atoms with Gasteiger partial charge in [0.25, 0.3) is 5.19 Å². The van der Waals surface area contributed by atoms with Crippen molar-refractivity contribution in [1.29, 1.82) is 0 Å². The van der Waals surface area contributed by atoms with Crippen molar-refractivity contribution in [2.75, 3.05) is 13.1 Å². The van der Waals surface area contributed by atoms with Gasteiger partial charge in [-0.2, -0.15) is 15.2 Å². The van der Waals surface area contributed by atoms with Crippen molar-refractivity contribution in [3.05, 3.63) is 34.6 Å². The van der Waals surface area contributed by atoms with Gasteiger partial charge >= 0.3 is 0 Å². The molecule has 1 N–H and O–H groups in total. The highest BCUT2D eigenvalue weighted by atomic mass is 32.1. The molecule has 3 rings (SSSR count). The zero-order valence-electron chi connectivity index (χ0n) is 13.1. The van der Waals surface area contributed by atoms with E-state index in [2.05, 4.69) is 20.5 Å². The summed E-state index contributed by atoms with van der Waals surface area (Å²) in [6, 6.07) is 3.90. The molecule has 0 aliphatic carbocycles. The number of piperidine rings is 1. The average molecular weight is 332 g/mol. The predicted molar refractivity (Wildman–Crippen MR) is 87.9 cm³/mol. The Morgan fingerprint density at radius 1 is 1.39 bits per heavy atom. The maximum atomic E-state index is 10.8. The van der Waals surface area contributed by atoms with Gasteiger partial charge in [-0.25, -0.2) is 0 Å². The number of ether oxygens (including phenoxy) is 1. The third-order valence-corrected chi connectivity index (χ3v) is 4.77. The van der Waals surface area contributed by atoms with Gasteiger partial charge in [0, 0.05) is 5.38 Å². The molecule has 1 aliphatic heterocycles. The quantitative estimate of drug-likeness (QED) is 0.819. The Balaban J connectivity index is 1.76. The summed E-state index contributed by atoms with van der Waals surface area (Å²) in [6.45, 7) is 4.00. The highest BCUT2D eigenvalue weighted by Gasteiger charge is 2.24. The van der Waals surface area contributed by atoms with E-state index >= 15 is 0 Å². The van der Waals surface area contributed by atoms with Crippen LogP contribution in [0.5, 0.6) is 5.19 Å². The van der Waals surface area contributed by atoms with Gasteiger partial charge in [-0.3, -0.25) is 4.79 Å². The summed E-state index contributed by atoms with van der Waals surface area (Å²) in [5.41, 5.74) is 2.10. The number of aromatic nitrogens is 3. The van der Waals surface area contributed by atoms with Crippen LogP contribution in [0.2, 0.25) is 0 Å². The third kappa shape index (κ3) is 4.33. The number of nitrogens with one attached hydrogen (secondary N) is 1. The first-order valence-electron chi connectivity index (χ1n) is 7.83. The van der Waals surface area contributed by atoms with E-state index in [4.69, 9.17) is 4.74 Å². The van der Waals surface area contributed by atoms with E-state index in [0.29, 0.717) is 16.8 Å². The third-order valence-electron chi connectivity index (χ3n) is 4.02. The van der Waals surface area contributed by atoms with Crippen LogP contribution in [0.25, 0.3) is 0 Å². The van der Waals surface area contributed by atoms with E-state index in [1.165, 1.54) is 11.3 Å². The number of carbonyl (C=O) groups is 1. The van der Waals surface area contributed by atoms with Gasteiger partial charge in [0.2, 0.25) is 0 Å². The fourth-order valence-electron chi connectivity index (χ4n) is 2.73. The molecule has 0 saturated carbocycles. The van der Waals surface area contributed by atoms with Crippen molar-refractivity contribution < 1.29 is 9.53 Å². The van der Waals surface area contributed by atoms with E-state index in [-0.39, 0.29) is 6.10 Å². The van der Waals surface area contributed by atoms with Crippen LogP contribution in [0.15, 0.2) is 17.5 Å². The van der Waals surface area contributed by atoms with Crippen molar-refractivity contribution in [1.82, 2.24) is 20.5 Å². The summed E-state index contributed by atoms with van der Waals surface area (Å²) in [5, 5.41) is 14.0. The molecule has 1 fully saturated rings. The van der Waals surface area contributed by atoms with Crippen LogP contribution in [0, 0.1) is 12.8 Å².